The van der Waals surface area contributed by atoms with Gasteiger partial charge in [0, 0.05) is 24.2 Å². The van der Waals surface area contributed by atoms with Gasteiger partial charge >= 0.3 is 0 Å². The van der Waals surface area contributed by atoms with Crippen LogP contribution >= 0.6 is 11.3 Å². The van der Waals surface area contributed by atoms with E-state index < -0.39 is 0 Å². The molecule has 34 heavy (non-hydrogen) atoms. The quantitative estimate of drug-likeness (QED) is 0.536. The number of thiazole rings is 1. The van der Waals surface area contributed by atoms with E-state index in [-0.39, 0.29) is 23.8 Å². The molecule has 2 heterocycles. The SMILES string of the molecule is COc1cccc(C(=O)NC[C@@H]2C(C)CCCN2C(=O)c2nc(C)sc2-c2ccccc2)c1C. The average molecular weight is 478 g/mol. The van der Waals surface area contributed by atoms with Crippen molar-refractivity contribution in [3.63, 3.8) is 0 Å². The molecular formula is C27H31N3O3S. The number of carbonyl (C=O) groups excluding carboxylic acids is 2. The lowest BCUT2D eigenvalue weighted by atomic mass is 9.90. The molecule has 6 nitrogen and oxygen atoms in total. The van der Waals surface area contributed by atoms with E-state index in [1.807, 2.05) is 61.2 Å². The van der Waals surface area contributed by atoms with Crippen LogP contribution in [0, 0.1) is 19.8 Å². The molecule has 0 saturated carbocycles. The van der Waals surface area contributed by atoms with Gasteiger partial charge in [-0.05, 0) is 50.3 Å². The predicted molar refractivity (Wildman–Crippen MR) is 136 cm³/mol. The number of likely N-dealkylation sites (tertiary alicyclic amines) is 1. The van der Waals surface area contributed by atoms with Crippen LogP contribution in [-0.4, -0.2) is 47.9 Å². The smallest absolute Gasteiger partial charge is 0.274 e. The number of carbonyl (C=O) groups is 2. The molecule has 7 heteroatoms. The summed E-state index contributed by atoms with van der Waals surface area (Å²) in [5.41, 5.74) is 2.89. The van der Waals surface area contributed by atoms with E-state index in [2.05, 4.69) is 17.2 Å². The summed E-state index contributed by atoms with van der Waals surface area (Å²) in [6, 6.07) is 15.3. The molecule has 2 aromatic carbocycles. The number of methoxy groups -OCH3 is 1. The summed E-state index contributed by atoms with van der Waals surface area (Å²) >= 11 is 1.54. The van der Waals surface area contributed by atoms with Crippen molar-refractivity contribution in [2.45, 2.75) is 39.7 Å². The van der Waals surface area contributed by atoms with Crippen molar-refractivity contribution in [3.8, 4) is 16.2 Å². The molecule has 2 atom stereocenters. The number of ether oxygens (including phenoxy) is 1. The molecular weight excluding hydrogens is 446 g/mol. The minimum atomic E-state index is -0.156. The van der Waals surface area contributed by atoms with Crippen LogP contribution in [0.3, 0.4) is 0 Å². The fourth-order valence-corrected chi connectivity index (χ4v) is 5.60. The molecule has 2 amide bonds. The van der Waals surface area contributed by atoms with E-state index in [1.54, 1.807) is 24.5 Å². The van der Waals surface area contributed by atoms with Crippen LogP contribution in [0.5, 0.6) is 5.75 Å². The third-order valence-electron chi connectivity index (χ3n) is 6.57. The monoisotopic (exact) mass is 477 g/mol. The number of rotatable bonds is 6. The van der Waals surface area contributed by atoms with Crippen LogP contribution in [0.4, 0.5) is 0 Å². The molecule has 3 aromatic rings. The van der Waals surface area contributed by atoms with Gasteiger partial charge in [0.1, 0.15) is 11.4 Å². The van der Waals surface area contributed by atoms with E-state index in [1.165, 1.54) is 0 Å². The Bertz CT molecular complexity index is 1180. The molecule has 1 aliphatic heterocycles. The number of aryl methyl sites for hydroxylation is 1. The molecule has 178 valence electrons. The second-order valence-electron chi connectivity index (χ2n) is 8.80. The third kappa shape index (κ3) is 4.85. The molecule has 0 bridgehead atoms. The maximum Gasteiger partial charge on any atom is 0.274 e. The maximum absolute atomic E-state index is 13.8. The third-order valence-corrected chi connectivity index (χ3v) is 7.59. The normalized spacial score (nSPS) is 17.9. The highest BCUT2D eigenvalue weighted by Gasteiger charge is 2.35. The largest absolute Gasteiger partial charge is 0.496 e. The number of hydrogen-bond donors (Lipinski definition) is 1. The first-order valence-corrected chi connectivity index (χ1v) is 12.5. The lowest BCUT2D eigenvalue weighted by Gasteiger charge is -2.40. The van der Waals surface area contributed by atoms with Crippen molar-refractivity contribution in [1.29, 1.82) is 0 Å². The highest BCUT2D eigenvalue weighted by Crippen LogP contribution is 2.33. The Hall–Kier alpha value is -3.19. The van der Waals surface area contributed by atoms with Crippen LogP contribution < -0.4 is 10.1 Å². The van der Waals surface area contributed by atoms with Gasteiger partial charge in [-0.2, -0.15) is 0 Å². The van der Waals surface area contributed by atoms with E-state index in [0.29, 0.717) is 30.1 Å². The van der Waals surface area contributed by atoms with E-state index in [4.69, 9.17) is 4.74 Å². The van der Waals surface area contributed by atoms with Gasteiger partial charge in [0.15, 0.2) is 0 Å². The Morgan fingerprint density at radius 3 is 2.65 bits per heavy atom. The van der Waals surface area contributed by atoms with Gasteiger partial charge in [0.2, 0.25) is 0 Å². The number of amides is 2. The standard InChI is InChI=1S/C27H31N3O3S/c1-17-10-9-15-30(22(17)16-28-26(31)21-13-8-14-23(33-4)18(21)2)27(32)24-25(34-19(3)29-24)20-11-6-5-7-12-20/h5-8,11-14,17,22H,9-10,15-16H2,1-4H3,(H,28,31)/t17?,22-/m1/s1. The van der Waals surface area contributed by atoms with Gasteiger partial charge in [-0.3, -0.25) is 9.59 Å². The van der Waals surface area contributed by atoms with Crippen LogP contribution in [-0.2, 0) is 0 Å². The second kappa shape index (κ2) is 10.4. The number of piperidine rings is 1. The zero-order valence-electron chi connectivity index (χ0n) is 20.1. The molecule has 1 fully saturated rings. The summed E-state index contributed by atoms with van der Waals surface area (Å²) in [6.45, 7) is 7.01. The molecule has 0 radical (unpaired) electrons. The van der Waals surface area contributed by atoms with Crippen LogP contribution in [0.15, 0.2) is 48.5 Å². The lowest BCUT2D eigenvalue weighted by molar-refractivity contribution is 0.0503. The van der Waals surface area contributed by atoms with Gasteiger partial charge in [0.25, 0.3) is 11.8 Å². The Labute approximate surface area is 205 Å². The van der Waals surface area contributed by atoms with Gasteiger partial charge < -0.3 is 15.0 Å². The fraction of sp³-hybridized carbons (Fsp3) is 0.370. The molecule has 1 saturated heterocycles. The second-order valence-corrected chi connectivity index (χ2v) is 10.0. The van der Waals surface area contributed by atoms with Crippen molar-refractivity contribution in [2.24, 2.45) is 5.92 Å². The molecule has 1 aliphatic rings. The van der Waals surface area contributed by atoms with Gasteiger partial charge in [-0.15, -0.1) is 11.3 Å². The van der Waals surface area contributed by atoms with Crippen molar-refractivity contribution in [3.05, 3.63) is 70.4 Å². The molecule has 1 unspecified atom stereocenters. The van der Waals surface area contributed by atoms with Crippen LogP contribution in [0.2, 0.25) is 0 Å². The Morgan fingerprint density at radius 1 is 1.15 bits per heavy atom. The first-order valence-electron chi connectivity index (χ1n) is 11.7. The van der Waals surface area contributed by atoms with Crippen LogP contribution in [0.1, 0.15) is 51.2 Å². The fourth-order valence-electron chi connectivity index (χ4n) is 4.68. The Morgan fingerprint density at radius 2 is 1.91 bits per heavy atom. The van der Waals surface area contributed by atoms with E-state index in [9.17, 15) is 9.59 Å². The molecule has 1 aromatic heterocycles. The van der Waals surface area contributed by atoms with Gasteiger partial charge in [-0.25, -0.2) is 4.98 Å². The molecule has 4 rings (SSSR count). The average Bonchev–Trinajstić information content (AvgIpc) is 3.25. The highest BCUT2D eigenvalue weighted by atomic mass is 32.1. The van der Waals surface area contributed by atoms with Crippen molar-refractivity contribution in [2.75, 3.05) is 20.2 Å². The first kappa shape index (κ1) is 24.0. The minimum Gasteiger partial charge on any atom is -0.496 e. The number of benzene rings is 2. The maximum atomic E-state index is 13.8. The topological polar surface area (TPSA) is 71.5 Å². The minimum absolute atomic E-state index is 0.0634. The number of aromatic nitrogens is 1. The number of nitrogens with zero attached hydrogens (tertiary/aromatic N) is 2. The van der Waals surface area contributed by atoms with Crippen molar-refractivity contribution in [1.82, 2.24) is 15.2 Å². The summed E-state index contributed by atoms with van der Waals surface area (Å²) < 4.78 is 5.36. The first-order chi connectivity index (χ1) is 16.4. The summed E-state index contributed by atoms with van der Waals surface area (Å²) in [5, 5.41) is 3.94. The van der Waals surface area contributed by atoms with Gasteiger partial charge in [0.05, 0.1) is 23.0 Å². The molecule has 1 N–H and O–H groups in total. The van der Waals surface area contributed by atoms with Gasteiger partial charge in [-0.1, -0.05) is 43.3 Å². The predicted octanol–water partition coefficient (Wildman–Crippen LogP) is 5.11. The summed E-state index contributed by atoms with van der Waals surface area (Å²) in [6.07, 6.45) is 1.96. The van der Waals surface area contributed by atoms with E-state index >= 15 is 0 Å². The number of hydrogen-bond acceptors (Lipinski definition) is 5. The molecule has 0 spiro atoms. The highest BCUT2D eigenvalue weighted by molar-refractivity contribution is 7.15. The van der Waals surface area contributed by atoms with Crippen molar-refractivity contribution < 1.29 is 14.3 Å². The van der Waals surface area contributed by atoms with E-state index in [0.717, 1.165) is 33.9 Å². The summed E-state index contributed by atoms with van der Waals surface area (Å²) in [5.74, 6) is 0.731. The van der Waals surface area contributed by atoms with Crippen molar-refractivity contribution >= 4 is 23.2 Å². The lowest BCUT2D eigenvalue weighted by Crippen LogP contribution is -2.53. The Kier molecular flexibility index (Phi) is 7.32. The zero-order valence-corrected chi connectivity index (χ0v) is 20.9. The zero-order chi connectivity index (χ0) is 24.2. The number of nitrogens with one attached hydrogen (secondary N) is 1. The summed E-state index contributed by atoms with van der Waals surface area (Å²) in [7, 11) is 1.60. The Balaban J connectivity index is 1.56. The van der Waals surface area contributed by atoms with Crippen LogP contribution in [0.25, 0.3) is 10.4 Å². The molecule has 0 aliphatic carbocycles. The summed E-state index contributed by atoms with van der Waals surface area (Å²) in [4.78, 5) is 34.2.